The van der Waals surface area contributed by atoms with Gasteiger partial charge >= 0.3 is 0 Å². The van der Waals surface area contributed by atoms with Gasteiger partial charge in [-0.1, -0.05) is 6.92 Å². The topological polar surface area (TPSA) is 17.3 Å². The van der Waals surface area contributed by atoms with Crippen molar-refractivity contribution in [3.63, 3.8) is 0 Å². The maximum absolute atomic E-state index is 4.34. The fraction of sp³-hybridized carbons (Fsp3) is 1.00. The van der Waals surface area contributed by atoms with Crippen molar-refractivity contribution in [3.8, 4) is 0 Å². The molecule has 1 saturated heterocycles. The molecule has 0 radical (unpaired) electrons. The summed E-state index contributed by atoms with van der Waals surface area (Å²) in [4.78, 5) is 2.32. The zero-order valence-corrected chi connectivity index (χ0v) is 8.93. The van der Waals surface area contributed by atoms with Gasteiger partial charge in [0.15, 0.2) is 0 Å². The summed E-state index contributed by atoms with van der Waals surface area (Å²) in [6, 6.07) is 0.564. The molecule has 0 amide bonds. The molecule has 0 aromatic rings. The minimum absolute atomic E-state index is 0. The van der Waals surface area contributed by atoms with Gasteiger partial charge in [0.1, 0.15) is 0 Å². The van der Waals surface area contributed by atoms with Crippen molar-refractivity contribution in [3.05, 3.63) is 5.32 Å². The third kappa shape index (κ3) is 3.34. The zero-order valence-electron chi connectivity index (χ0n) is 6.00. The predicted molar refractivity (Wildman–Crippen MR) is 35.2 cm³/mol. The van der Waals surface area contributed by atoms with Crippen molar-refractivity contribution >= 4 is 0 Å². The molecule has 1 aliphatic rings. The van der Waals surface area contributed by atoms with Gasteiger partial charge in [-0.3, -0.25) is 0 Å². The van der Waals surface area contributed by atoms with E-state index in [0.717, 1.165) is 19.6 Å². The molecule has 2 nitrogen and oxygen atoms in total. The van der Waals surface area contributed by atoms with E-state index in [0.29, 0.717) is 6.04 Å². The van der Waals surface area contributed by atoms with Crippen LogP contribution in [0.3, 0.4) is 0 Å². The van der Waals surface area contributed by atoms with Crippen LogP contribution in [0.4, 0.5) is 0 Å². The molecule has 0 N–H and O–H groups in total. The predicted octanol–water partition coefficient (Wildman–Crippen LogP) is 0.692. The SMILES string of the molecule is CC1CN(C)CC[N-]1.[W]. The molecule has 0 bridgehead atoms. The van der Waals surface area contributed by atoms with Crippen LogP contribution in [0.15, 0.2) is 0 Å². The summed E-state index contributed by atoms with van der Waals surface area (Å²) in [5.41, 5.74) is 0. The van der Waals surface area contributed by atoms with Gasteiger partial charge < -0.3 is 10.2 Å². The second-order valence-corrected chi connectivity index (χ2v) is 2.52. The van der Waals surface area contributed by atoms with Crippen LogP contribution in [0.1, 0.15) is 6.92 Å². The standard InChI is InChI=1S/C6H13N2.W/c1-6-5-8(2)4-3-7-6;/h6H,3-5H2,1-2H3;/q-1;. The van der Waals surface area contributed by atoms with Crippen molar-refractivity contribution in [2.24, 2.45) is 0 Å². The summed E-state index contributed by atoms with van der Waals surface area (Å²) >= 11 is 0. The Bertz CT molecular complexity index is 69.5. The Kier molecular flexibility index (Phi) is 4.73. The van der Waals surface area contributed by atoms with Gasteiger partial charge in [0, 0.05) is 21.1 Å². The van der Waals surface area contributed by atoms with Crippen molar-refractivity contribution in [2.45, 2.75) is 13.0 Å². The van der Waals surface area contributed by atoms with Crippen molar-refractivity contribution < 1.29 is 21.1 Å². The van der Waals surface area contributed by atoms with E-state index < -0.39 is 0 Å². The van der Waals surface area contributed by atoms with Gasteiger partial charge in [0.2, 0.25) is 0 Å². The maximum Gasteiger partial charge on any atom is 0 e. The summed E-state index contributed by atoms with van der Waals surface area (Å²) in [5, 5.41) is 4.34. The van der Waals surface area contributed by atoms with Crippen LogP contribution in [-0.2, 0) is 21.1 Å². The first-order chi connectivity index (χ1) is 3.79. The Labute approximate surface area is 71.3 Å². The first kappa shape index (κ1) is 9.61. The van der Waals surface area contributed by atoms with Gasteiger partial charge in [-0.15, -0.1) is 12.6 Å². The third-order valence-corrected chi connectivity index (χ3v) is 1.50. The van der Waals surface area contributed by atoms with Crippen molar-refractivity contribution in [2.75, 3.05) is 26.7 Å². The molecule has 1 atom stereocenters. The smallest absolute Gasteiger partial charge is 0 e. The molecule has 1 heterocycles. The average molecular weight is 297 g/mol. The molecular weight excluding hydrogens is 284 g/mol. The quantitative estimate of drug-likeness (QED) is 0.643. The Morgan fingerprint density at radius 3 is 2.56 bits per heavy atom. The van der Waals surface area contributed by atoms with Crippen LogP contribution in [0, 0.1) is 0 Å². The van der Waals surface area contributed by atoms with Crippen LogP contribution >= 0.6 is 0 Å². The fourth-order valence-corrected chi connectivity index (χ4v) is 1.05. The summed E-state index contributed by atoms with van der Waals surface area (Å²) < 4.78 is 0. The van der Waals surface area contributed by atoms with Crippen LogP contribution < -0.4 is 0 Å². The fourth-order valence-electron chi connectivity index (χ4n) is 1.05. The normalized spacial score (nSPS) is 29.3. The van der Waals surface area contributed by atoms with E-state index in [-0.39, 0.29) is 21.1 Å². The van der Waals surface area contributed by atoms with E-state index in [2.05, 4.69) is 24.2 Å². The van der Waals surface area contributed by atoms with E-state index in [1.54, 1.807) is 0 Å². The number of rotatable bonds is 0. The number of hydrogen-bond donors (Lipinski definition) is 0. The van der Waals surface area contributed by atoms with E-state index in [4.69, 9.17) is 0 Å². The van der Waals surface area contributed by atoms with Crippen LogP contribution in [0.25, 0.3) is 5.32 Å². The van der Waals surface area contributed by atoms with Crippen LogP contribution in [0.5, 0.6) is 0 Å². The summed E-state index contributed by atoms with van der Waals surface area (Å²) in [5.74, 6) is 0. The third-order valence-electron chi connectivity index (χ3n) is 1.50. The van der Waals surface area contributed by atoms with Gasteiger partial charge in [-0.2, -0.15) is 0 Å². The Hall–Kier alpha value is 0.608. The van der Waals surface area contributed by atoms with Crippen LogP contribution in [0.2, 0.25) is 0 Å². The zero-order chi connectivity index (χ0) is 5.98. The molecule has 0 saturated carbocycles. The molecule has 9 heavy (non-hydrogen) atoms. The van der Waals surface area contributed by atoms with Gasteiger partial charge in [0.05, 0.1) is 0 Å². The van der Waals surface area contributed by atoms with Crippen molar-refractivity contribution in [1.29, 1.82) is 0 Å². The second-order valence-electron chi connectivity index (χ2n) is 2.52. The van der Waals surface area contributed by atoms with Gasteiger partial charge in [0.25, 0.3) is 0 Å². The Morgan fingerprint density at radius 2 is 2.22 bits per heavy atom. The van der Waals surface area contributed by atoms with Crippen LogP contribution in [-0.4, -0.2) is 37.6 Å². The molecule has 0 aromatic heterocycles. The molecule has 1 aliphatic heterocycles. The first-order valence-electron chi connectivity index (χ1n) is 3.14. The average Bonchev–Trinajstić information content (AvgIpc) is 1.64. The van der Waals surface area contributed by atoms with E-state index in [9.17, 15) is 0 Å². The van der Waals surface area contributed by atoms with E-state index >= 15 is 0 Å². The first-order valence-corrected chi connectivity index (χ1v) is 3.14. The maximum atomic E-state index is 4.34. The summed E-state index contributed by atoms with van der Waals surface area (Å²) in [6.45, 7) is 5.47. The molecule has 0 aliphatic carbocycles. The second kappa shape index (κ2) is 4.43. The number of likely N-dealkylation sites (N-methyl/N-ethyl adjacent to an activating group) is 1. The Morgan fingerprint density at radius 1 is 1.56 bits per heavy atom. The molecule has 3 heteroatoms. The monoisotopic (exact) mass is 297 g/mol. The molecule has 0 aromatic carbocycles. The number of nitrogens with zero attached hydrogens (tertiary/aromatic N) is 2. The minimum atomic E-state index is 0. The summed E-state index contributed by atoms with van der Waals surface area (Å²) in [7, 11) is 2.14. The molecule has 0 spiro atoms. The van der Waals surface area contributed by atoms with Gasteiger partial charge in [-0.25, -0.2) is 0 Å². The molecule has 1 fully saturated rings. The minimum Gasteiger partial charge on any atom is -0.658 e. The number of hydrogen-bond acceptors (Lipinski definition) is 1. The van der Waals surface area contributed by atoms with E-state index in [1.807, 2.05) is 0 Å². The molecule has 54 valence electrons. The number of piperazine rings is 1. The summed E-state index contributed by atoms with van der Waals surface area (Å²) in [6.07, 6.45) is 0. The molecular formula is C6H13N2W-. The van der Waals surface area contributed by atoms with E-state index in [1.165, 1.54) is 0 Å². The van der Waals surface area contributed by atoms with Gasteiger partial charge in [-0.05, 0) is 20.1 Å². The van der Waals surface area contributed by atoms with Crippen molar-refractivity contribution in [1.82, 2.24) is 4.90 Å². The molecule has 1 unspecified atom stereocenters. The largest absolute Gasteiger partial charge is 0.658 e. The Balaban J connectivity index is 0.000000640. The molecule has 1 rings (SSSR count).